The fraction of sp³-hybridized carbons (Fsp3) is 0.179. The first-order valence-corrected chi connectivity index (χ1v) is 14.2. The number of nitrogens with one attached hydrogen (secondary N) is 2. The van der Waals surface area contributed by atoms with E-state index in [2.05, 4.69) is 25.8 Å². The van der Waals surface area contributed by atoms with E-state index in [4.69, 9.17) is 9.47 Å². The Hall–Kier alpha value is -4.42. The molecular weight excluding hydrogens is 548 g/mol. The zero-order valence-electron chi connectivity index (χ0n) is 21.8. The predicted molar refractivity (Wildman–Crippen MR) is 156 cm³/mol. The number of amides is 2. The number of nitrogens with zero attached hydrogens (tertiary/aromatic N) is 4. The number of fused-ring (bicyclic) bond motifs is 1. The van der Waals surface area contributed by atoms with Crippen LogP contribution in [0.5, 0.6) is 11.5 Å². The van der Waals surface area contributed by atoms with Gasteiger partial charge in [0.15, 0.2) is 16.1 Å². The molecule has 204 valence electrons. The molecule has 5 rings (SSSR count). The Bertz CT molecular complexity index is 1600. The van der Waals surface area contributed by atoms with Crippen molar-refractivity contribution in [2.24, 2.45) is 0 Å². The van der Waals surface area contributed by atoms with E-state index in [1.807, 2.05) is 60.0 Å². The van der Waals surface area contributed by atoms with Crippen LogP contribution < -0.4 is 20.1 Å². The third-order valence-electron chi connectivity index (χ3n) is 5.72. The van der Waals surface area contributed by atoms with Gasteiger partial charge in [-0.25, -0.2) is 4.98 Å². The highest BCUT2D eigenvalue weighted by molar-refractivity contribution is 7.99. The molecule has 2 amide bonds. The standard InChI is InChI=1S/C28H26N6O4S2/c1-3-38-20-13-11-19(12-14-20)34-24(16-29-26(36)18-7-6-8-21(15-18)37-2)32-33-28(34)39-17-25(35)31-27-30-22-9-4-5-10-23(22)40-27/h4-15H,3,16-17H2,1-2H3,(H,29,36)(H,30,31,35). The molecule has 0 unspecified atom stereocenters. The molecule has 0 saturated heterocycles. The van der Waals surface area contributed by atoms with Gasteiger partial charge in [-0.05, 0) is 61.5 Å². The zero-order valence-corrected chi connectivity index (χ0v) is 23.4. The van der Waals surface area contributed by atoms with Crippen LogP contribution in [-0.2, 0) is 11.3 Å². The molecule has 12 heteroatoms. The molecule has 0 aliphatic carbocycles. The van der Waals surface area contributed by atoms with Gasteiger partial charge in [-0.2, -0.15) is 0 Å². The highest BCUT2D eigenvalue weighted by Gasteiger charge is 2.18. The lowest BCUT2D eigenvalue weighted by molar-refractivity contribution is -0.113. The van der Waals surface area contributed by atoms with Crippen molar-refractivity contribution >= 4 is 50.3 Å². The maximum Gasteiger partial charge on any atom is 0.251 e. The first-order valence-electron chi connectivity index (χ1n) is 12.4. The third kappa shape index (κ3) is 6.41. The topological polar surface area (TPSA) is 120 Å². The van der Waals surface area contributed by atoms with E-state index in [1.165, 1.54) is 23.1 Å². The number of thioether (sulfide) groups is 1. The second-order valence-corrected chi connectivity index (χ2v) is 10.4. The number of benzene rings is 3. The lowest BCUT2D eigenvalue weighted by atomic mass is 10.2. The van der Waals surface area contributed by atoms with Crippen molar-refractivity contribution < 1.29 is 19.1 Å². The second kappa shape index (κ2) is 12.6. The summed E-state index contributed by atoms with van der Waals surface area (Å²) in [5, 5.41) is 15.5. The van der Waals surface area contributed by atoms with Crippen molar-refractivity contribution in [3.05, 3.63) is 84.2 Å². The molecule has 0 bridgehead atoms. The van der Waals surface area contributed by atoms with E-state index in [0.717, 1.165) is 21.7 Å². The van der Waals surface area contributed by atoms with Crippen molar-refractivity contribution in [2.75, 3.05) is 24.8 Å². The number of thiazole rings is 1. The van der Waals surface area contributed by atoms with Crippen molar-refractivity contribution in [1.29, 1.82) is 0 Å². The van der Waals surface area contributed by atoms with Crippen molar-refractivity contribution in [3.63, 3.8) is 0 Å². The van der Waals surface area contributed by atoms with E-state index >= 15 is 0 Å². The van der Waals surface area contributed by atoms with Crippen LogP contribution in [0.15, 0.2) is 78.0 Å². The zero-order chi connectivity index (χ0) is 27.9. The predicted octanol–water partition coefficient (Wildman–Crippen LogP) is 4.95. The van der Waals surface area contributed by atoms with Gasteiger partial charge in [0.25, 0.3) is 5.91 Å². The van der Waals surface area contributed by atoms with Crippen LogP contribution >= 0.6 is 23.1 Å². The van der Waals surface area contributed by atoms with Crippen molar-refractivity contribution in [2.45, 2.75) is 18.6 Å². The van der Waals surface area contributed by atoms with E-state index in [9.17, 15) is 9.59 Å². The summed E-state index contributed by atoms with van der Waals surface area (Å²) < 4.78 is 13.6. The van der Waals surface area contributed by atoms with Crippen LogP contribution in [0.3, 0.4) is 0 Å². The summed E-state index contributed by atoms with van der Waals surface area (Å²) in [5.74, 6) is 1.45. The largest absolute Gasteiger partial charge is 0.497 e. The van der Waals surface area contributed by atoms with E-state index < -0.39 is 0 Å². The summed E-state index contributed by atoms with van der Waals surface area (Å²) in [6.07, 6.45) is 0. The Morgan fingerprint density at radius 2 is 1.82 bits per heavy atom. The van der Waals surface area contributed by atoms with Crippen LogP contribution in [0.4, 0.5) is 5.13 Å². The van der Waals surface area contributed by atoms with Crippen LogP contribution in [0, 0.1) is 0 Å². The number of carbonyl (C=O) groups is 2. The summed E-state index contributed by atoms with van der Waals surface area (Å²) in [4.78, 5) is 30.0. The third-order valence-corrected chi connectivity index (χ3v) is 7.60. The van der Waals surface area contributed by atoms with Gasteiger partial charge in [0.05, 0.1) is 36.2 Å². The first-order chi connectivity index (χ1) is 19.5. The fourth-order valence-corrected chi connectivity index (χ4v) is 5.52. The number of ether oxygens (including phenoxy) is 2. The number of aromatic nitrogens is 4. The number of carbonyl (C=O) groups excluding carboxylic acids is 2. The normalized spacial score (nSPS) is 10.8. The van der Waals surface area contributed by atoms with Crippen LogP contribution in [0.25, 0.3) is 15.9 Å². The summed E-state index contributed by atoms with van der Waals surface area (Å²) in [5.41, 5.74) is 2.08. The number of methoxy groups -OCH3 is 1. The van der Waals surface area contributed by atoms with Gasteiger partial charge in [-0.1, -0.05) is 41.3 Å². The quantitative estimate of drug-likeness (QED) is 0.213. The number of hydrogen-bond acceptors (Lipinski definition) is 9. The number of para-hydroxylation sites is 1. The number of hydrogen-bond donors (Lipinski definition) is 2. The molecule has 0 radical (unpaired) electrons. The molecule has 5 aromatic rings. The number of anilines is 1. The van der Waals surface area contributed by atoms with Crippen LogP contribution in [-0.4, -0.2) is 51.0 Å². The molecule has 0 spiro atoms. The molecule has 2 heterocycles. The molecular formula is C28H26N6O4S2. The van der Waals surface area contributed by atoms with Gasteiger partial charge in [-0.3, -0.25) is 14.2 Å². The molecule has 2 N–H and O–H groups in total. The summed E-state index contributed by atoms with van der Waals surface area (Å²) in [6, 6.07) is 22.1. The smallest absolute Gasteiger partial charge is 0.251 e. The maximum atomic E-state index is 12.8. The van der Waals surface area contributed by atoms with Crippen LogP contribution in [0.2, 0.25) is 0 Å². The highest BCUT2D eigenvalue weighted by Crippen LogP contribution is 2.27. The molecule has 2 aromatic heterocycles. The summed E-state index contributed by atoms with van der Waals surface area (Å²) in [6.45, 7) is 2.60. The molecule has 0 saturated carbocycles. The molecule has 10 nitrogen and oxygen atoms in total. The summed E-state index contributed by atoms with van der Waals surface area (Å²) >= 11 is 2.66. The molecule has 0 aliphatic rings. The average Bonchev–Trinajstić information content (AvgIpc) is 3.58. The van der Waals surface area contributed by atoms with Gasteiger partial charge >= 0.3 is 0 Å². The van der Waals surface area contributed by atoms with E-state index in [0.29, 0.717) is 34.0 Å². The molecule has 0 atom stereocenters. The maximum absolute atomic E-state index is 12.8. The minimum absolute atomic E-state index is 0.0985. The molecule has 3 aromatic carbocycles. The fourth-order valence-electron chi connectivity index (χ4n) is 3.86. The first kappa shape index (κ1) is 27.2. The van der Waals surface area contributed by atoms with E-state index in [-0.39, 0.29) is 24.1 Å². The van der Waals surface area contributed by atoms with E-state index in [1.54, 1.807) is 31.4 Å². The second-order valence-electron chi connectivity index (χ2n) is 8.40. The molecule has 40 heavy (non-hydrogen) atoms. The minimum Gasteiger partial charge on any atom is -0.497 e. The minimum atomic E-state index is -0.274. The Balaban J connectivity index is 1.32. The van der Waals surface area contributed by atoms with Gasteiger partial charge in [-0.15, -0.1) is 10.2 Å². The summed E-state index contributed by atoms with van der Waals surface area (Å²) in [7, 11) is 1.55. The lowest BCUT2D eigenvalue weighted by Gasteiger charge is -2.12. The Kier molecular flexibility index (Phi) is 8.57. The van der Waals surface area contributed by atoms with Gasteiger partial charge in [0.2, 0.25) is 5.91 Å². The molecule has 0 fully saturated rings. The average molecular weight is 575 g/mol. The van der Waals surface area contributed by atoms with Gasteiger partial charge < -0.3 is 20.1 Å². The van der Waals surface area contributed by atoms with Gasteiger partial charge in [0.1, 0.15) is 11.5 Å². The van der Waals surface area contributed by atoms with Crippen molar-refractivity contribution in [3.8, 4) is 17.2 Å². The SMILES string of the molecule is CCOc1ccc(-n2c(CNC(=O)c3cccc(OC)c3)nnc2SCC(=O)Nc2nc3ccccc3s2)cc1. The Labute approximate surface area is 238 Å². The van der Waals surface area contributed by atoms with Crippen molar-refractivity contribution in [1.82, 2.24) is 25.1 Å². The lowest BCUT2D eigenvalue weighted by Crippen LogP contribution is -2.24. The molecule has 0 aliphatic heterocycles. The Morgan fingerprint density at radius 1 is 1.00 bits per heavy atom. The number of rotatable bonds is 11. The monoisotopic (exact) mass is 574 g/mol. The Morgan fingerprint density at radius 3 is 2.60 bits per heavy atom. The highest BCUT2D eigenvalue weighted by atomic mass is 32.2. The van der Waals surface area contributed by atoms with Crippen LogP contribution in [0.1, 0.15) is 23.1 Å². The van der Waals surface area contributed by atoms with Gasteiger partial charge in [0, 0.05) is 11.3 Å².